The molecule has 0 fully saturated rings. The van der Waals surface area contributed by atoms with Crippen molar-refractivity contribution in [3.8, 4) is 0 Å². The summed E-state index contributed by atoms with van der Waals surface area (Å²) in [4.78, 5) is -3.19. The van der Waals surface area contributed by atoms with Gasteiger partial charge < -0.3 is 0 Å². The highest BCUT2D eigenvalue weighted by molar-refractivity contribution is 9.10. The fourth-order valence-electron chi connectivity index (χ4n) is 0.0714. The first-order valence-electron chi connectivity index (χ1n) is 1.41. The topological polar surface area (TPSA) is 0 Å². The molecular weight excluding hydrogens is 173 g/mol. The van der Waals surface area contributed by atoms with E-state index >= 15 is 0 Å². The van der Waals surface area contributed by atoms with Crippen LogP contribution in [0.5, 0.6) is 0 Å². The van der Waals surface area contributed by atoms with Gasteiger partial charge in [0.15, 0.2) is 0 Å². The summed E-state index contributed by atoms with van der Waals surface area (Å²) >= 11 is 1.88. The second-order valence-corrected chi connectivity index (χ2v) is 1.89. The summed E-state index contributed by atoms with van der Waals surface area (Å²) in [6.07, 6.45) is -0.109. The van der Waals surface area contributed by atoms with Crippen LogP contribution in [0.4, 0.5) is 13.2 Å². The van der Waals surface area contributed by atoms with Crippen LogP contribution < -0.4 is 0 Å². The lowest BCUT2D eigenvalue weighted by molar-refractivity contribution is 0.170. The zero-order valence-electron chi connectivity index (χ0n) is 3.17. The Morgan fingerprint density at radius 3 is 1.86 bits per heavy atom. The van der Waals surface area contributed by atoms with Crippen molar-refractivity contribution in [3.63, 3.8) is 0 Å². The Bertz CT molecular complexity index is 72.7. The van der Waals surface area contributed by atoms with Crippen LogP contribution in [0.2, 0.25) is 0 Å². The first kappa shape index (κ1) is 7.01. The number of alkyl halides is 3. The van der Waals surface area contributed by atoms with Gasteiger partial charge in [0.05, 0.1) is 6.33 Å². The highest BCUT2D eigenvalue weighted by Crippen LogP contribution is 2.22. The molecule has 0 atom stereocenters. The lowest BCUT2D eigenvalue weighted by atomic mass is 10.7. The molecule has 0 saturated heterocycles. The van der Waals surface area contributed by atoms with Crippen LogP contribution in [0.3, 0.4) is 0 Å². The van der Waals surface area contributed by atoms with Crippen LogP contribution in [0, 0.1) is 0 Å². The minimum Gasteiger partial charge on any atom is -0.216 e. The van der Waals surface area contributed by atoms with Crippen LogP contribution in [0.1, 0.15) is 0 Å². The second-order valence-electron chi connectivity index (χ2n) is 0.834. The molecule has 4 heteroatoms. The molecule has 0 heterocycles. The van der Waals surface area contributed by atoms with E-state index in [2.05, 4.69) is 0 Å². The van der Waals surface area contributed by atoms with Gasteiger partial charge in [-0.25, -0.2) is 4.39 Å². The molecule has 0 N–H and O–H groups in total. The van der Waals surface area contributed by atoms with Gasteiger partial charge in [-0.3, -0.25) is 0 Å². The zero-order chi connectivity index (χ0) is 5.91. The van der Waals surface area contributed by atoms with Crippen molar-refractivity contribution in [3.05, 3.63) is 12.4 Å². The average Bonchev–Trinajstić information content (AvgIpc) is 1.30. The molecule has 42 valence electrons. The quantitative estimate of drug-likeness (QED) is 0.537. The van der Waals surface area contributed by atoms with Gasteiger partial charge in [-0.1, -0.05) is 0 Å². The van der Waals surface area contributed by atoms with Crippen LogP contribution in [0.15, 0.2) is 12.4 Å². The second kappa shape index (κ2) is 2.35. The highest BCUT2D eigenvalue weighted by Gasteiger charge is 2.17. The summed E-state index contributed by atoms with van der Waals surface area (Å²) in [7, 11) is 0. The standard InChI is InChI=1S/C3H2BrF3/c4-3(6,7)1-2-5/h1-2H/b2-1-. The molecule has 0 aromatic heterocycles. The first-order valence-corrected chi connectivity index (χ1v) is 2.20. The third kappa shape index (κ3) is 6.01. The van der Waals surface area contributed by atoms with E-state index in [0.717, 1.165) is 0 Å². The van der Waals surface area contributed by atoms with E-state index < -0.39 is 4.83 Å². The summed E-state index contributed by atoms with van der Waals surface area (Å²) in [5.74, 6) is 0. The Morgan fingerprint density at radius 1 is 1.43 bits per heavy atom. The minimum absolute atomic E-state index is 0.104. The van der Waals surface area contributed by atoms with E-state index in [9.17, 15) is 13.2 Å². The predicted octanol–water partition coefficient (Wildman–Crippen LogP) is 2.46. The van der Waals surface area contributed by atoms with Gasteiger partial charge in [-0.2, -0.15) is 8.78 Å². The normalized spacial score (nSPS) is 13.1. The summed E-state index contributed by atoms with van der Waals surface area (Å²) in [6.45, 7) is 0. The van der Waals surface area contributed by atoms with Gasteiger partial charge in [0, 0.05) is 6.08 Å². The van der Waals surface area contributed by atoms with Crippen LogP contribution in [-0.4, -0.2) is 4.83 Å². The van der Waals surface area contributed by atoms with Crippen LogP contribution in [-0.2, 0) is 0 Å². The molecule has 0 nitrogen and oxygen atoms in total. The number of hydrogen-bond acceptors (Lipinski definition) is 0. The molecule has 0 saturated carbocycles. The number of rotatable bonds is 1. The van der Waals surface area contributed by atoms with Gasteiger partial charge in [0.25, 0.3) is 0 Å². The molecule has 0 bridgehead atoms. The van der Waals surface area contributed by atoms with Crippen molar-refractivity contribution in [2.45, 2.75) is 4.83 Å². The van der Waals surface area contributed by atoms with E-state index in [1.807, 2.05) is 15.9 Å². The monoisotopic (exact) mass is 174 g/mol. The van der Waals surface area contributed by atoms with Crippen molar-refractivity contribution in [1.29, 1.82) is 0 Å². The van der Waals surface area contributed by atoms with E-state index in [1.165, 1.54) is 0 Å². The van der Waals surface area contributed by atoms with Crippen LogP contribution >= 0.6 is 15.9 Å². The van der Waals surface area contributed by atoms with Crippen molar-refractivity contribution >= 4 is 15.9 Å². The highest BCUT2D eigenvalue weighted by atomic mass is 79.9. The van der Waals surface area contributed by atoms with Gasteiger partial charge in [-0.05, 0) is 15.9 Å². The molecule has 0 aliphatic heterocycles. The molecule has 0 radical (unpaired) electrons. The lowest BCUT2D eigenvalue weighted by Crippen LogP contribution is -1.95. The molecular formula is C3H2BrF3. The molecule has 0 amide bonds. The van der Waals surface area contributed by atoms with E-state index in [-0.39, 0.29) is 12.4 Å². The van der Waals surface area contributed by atoms with Crippen molar-refractivity contribution < 1.29 is 13.2 Å². The lowest BCUT2D eigenvalue weighted by Gasteiger charge is -1.94. The zero-order valence-corrected chi connectivity index (χ0v) is 4.75. The van der Waals surface area contributed by atoms with E-state index in [4.69, 9.17) is 0 Å². The molecule has 0 spiro atoms. The van der Waals surface area contributed by atoms with Gasteiger partial charge in [0.2, 0.25) is 0 Å². The summed E-state index contributed by atoms with van der Waals surface area (Å²) < 4.78 is 33.4. The van der Waals surface area contributed by atoms with Crippen molar-refractivity contribution in [2.75, 3.05) is 0 Å². The number of halogens is 4. The Labute approximate surface area is 47.1 Å². The minimum atomic E-state index is -3.19. The molecule has 0 unspecified atom stereocenters. The molecule has 0 aliphatic carbocycles. The van der Waals surface area contributed by atoms with Gasteiger partial charge in [-0.15, -0.1) is 0 Å². The Kier molecular flexibility index (Phi) is 2.35. The van der Waals surface area contributed by atoms with Crippen molar-refractivity contribution in [1.82, 2.24) is 0 Å². The summed E-state index contributed by atoms with van der Waals surface area (Å²) in [5, 5.41) is 0. The maximum Gasteiger partial charge on any atom is 0.322 e. The molecule has 0 rings (SSSR count). The predicted molar refractivity (Wildman–Crippen MR) is 24.1 cm³/mol. The number of allylic oxidation sites excluding steroid dienone is 1. The molecule has 0 aliphatic rings. The maximum atomic E-state index is 11.3. The van der Waals surface area contributed by atoms with Gasteiger partial charge >= 0.3 is 4.83 Å². The Morgan fingerprint density at radius 2 is 1.86 bits per heavy atom. The summed E-state index contributed by atoms with van der Waals surface area (Å²) in [5.41, 5.74) is 0. The fraction of sp³-hybridized carbons (Fsp3) is 0.333. The van der Waals surface area contributed by atoms with Crippen LogP contribution in [0.25, 0.3) is 0 Å². The smallest absolute Gasteiger partial charge is 0.216 e. The Hall–Kier alpha value is 0.01000. The summed E-state index contributed by atoms with van der Waals surface area (Å²) in [6, 6.07) is 0. The van der Waals surface area contributed by atoms with E-state index in [1.54, 1.807) is 0 Å². The fourth-order valence-corrected chi connectivity index (χ4v) is 0.171. The maximum absolute atomic E-state index is 11.3. The Balaban J connectivity index is 3.56. The SMILES string of the molecule is F/C=C\C(F)(F)Br. The van der Waals surface area contributed by atoms with Gasteiger partial charge in [0.1, 0.15) is 0 Å². The average molecular weight is 175 g/mol. The third-order valence-electron chi connectivity index (χ3n) is 0.252. The number of hydrogen-bond donors (Lipinski definition) is 0. The van der Waals surface area contributed by atoms with E-state index in [0.29, 0.717) is 0 Å². The molecule has 7 heavy (non-hydrogen) atoms. The largest absolute Gasteiger partial charge is 0.322 e. The van der Waals surface area contributed by atoms with Crippen molar-refractivity contribution in [2.24, 2.45) is 0 Å². The first-order chi connectivity index (χ1) is 3.06. The molecule has 0 aromatic carbocycles. The molecule has 0 aromatic rings. The third-order valence-corrected chi connectivity index (χ3v) is 0.516.